The molecule has 2 aromatic rings. The van der Waals surface area contributed by atoms with Crippen molar-refractivity contribution in [3.8, 4) is 0 Å². The van der Waals surface area contributed by atoms with Gasteiger partial charge in [0.1, 0.15) is 17.0 Å². The number of ether oxygens (including phenoxy) is 1. The standard InChI is InChI=1S/C19H20N2O3S3/c1-19(2)15(20-17(23)24-12-13-7-4-3-5-8-13)16(22)21(18(25)27-19)11-14-9-6-10-26-14/h3-10,15H,11-12H2,1-2H3,(H,20,23). The molecule has 1 aliphatic heterocycles. The largest absolute Gasteiger partial charge is 0.445 e. The molecule has 2 amide bonds. The normalized spacial score (nSPS) is 19.0. The third-order valence-electron chi connectivity index (χ3n) is 4.15. The number of carbonyl (C=O) groups is 2. The van der Waals surface area contributed by atoms with Crippen molar-refractivity contribution >= 4 is 51.6 Å². The highest BCUT2D eigenvalue weighted by Crippen LogP contribution is 2.37. The Kier molecular flexibility index (Phi) is 6.18. The molecule has 1 aliphatic rings. The Morgan fingerprint density at radius 3 is 2.67 bits per heavy atom. The van der Waals surface area contributed by atoms with Gasteiger partial charge in [-0.2, -0.15) is 0 Å². The first-order valence-corrected chi connectivity index (χ1v) is 10.5. The summed E-state index contributed by atoms with van der Waals surface area (Å²) in [5.41, 5.74) is 0.886. The van der Waals surface area contributed by atoms with Crippen LogP contribution in [0.5, 0.6) is 0 Å². The number of nitrogens with zero attached hydrogens (tertiary/aromatic N) is 1. The second kappa shape index (κ2) is 8.41. The minimum atomic E-state index is -0.725. The predicted molar refractivity (Wildman–Crippen MR) is 113 cm³/mol. The van der Waals surface area contributed by atoms with Crippen molar-refractivity contribution in [2.75, 3.05) is 0 Å². The van der Waals surface area contributed by atoms with Gasteiger partial charge in [-0.1, -0.05) is 60.4 Å². The number of hydrogen-bond donors (Lipinski definition) is 1. The SMILES string of the molecule is CC1(C)SC(=S)N(Cc2cccs2)C(=O)C1NC(=O)OCc1ccccc1. The van der Waals surface area contributed by atoms with Gasteiger partial charge in [-0.3, -0.25) is 9.69 Å². The number of carbonyl (C=O) groups excluding carboxylic acids is 2. The minimum absolute atomic E-state index is 0.151. The van der Waals surface area contributed by atoms with E-state index in [9.17, 15) is 9.59 Å². The van der Waals surface area contributed by atoms with E-state index in [1.54, 1.807) is 16.2 Å². The molecule has 1 unspecified atom stereocenters. The number of thioether (sulfide) groups is 1. The maximum absolute atomic E-state index is 13.0. The second-order valence-corrected chi connectivity index (χ2v) is 9.93. The zero-order valence-corrected chi connectivity index (χ0v) is 17.5. The van der Waals surface area contributed by atoms with Crippen LogP contribution in [0.4, 0.5) is 4.79 Å². The van der Waals surface area contributed by atoms with E-state index in [-0.39, 0.29) is 12.5 Å². The van der Waals surface area contributed by atoms with Crippen LogP contribution in [0, 0.1) is 0 Å². The van der Waals surface area contributed by atoms with E-state index in [4.69, 9.17) is 17.0 Å². The van der Waals surface area contributed by atoms with E-state index < -0.39 is 16.9 Å². The lowest BCUT2D eigenvalue weighted by molar-refractivity contribution is -0.130. The van der Waals surface area contributed by atoms with E-state index in [1.807, 2.05) is 61.7 Å². The van der Waals surface area contributed by atoms with Gasteiger partial charge in [0, 0.05) is 9.62 Å². The molecule has 1 aromatic heterocycles. The van der Waals surface area contributed by atoms with Crippen molar-refractivity contribution in [2.24, 2.45) is 0 Å². The van der Waals surface area contributed by atoms with Crippen LogP contribution in [-0.2, 0) is 22.7 Å². The van der Waals surface area contributed by atoms with Gasteiger partial charge in [0.25, 0.3) is 5.91 Å². The molecule has 5 nitrogen and oxygen atoms in total. The molecule has 1 aromatic carbocycles. The molecule has 8 heteroatoms. The van der Waals surface area contributed by atoms with Gasteiger partial charge in [0.05, 0.1) is 6.54 Å². The maximum Gasteiger partial charge on any atom is 0.408 e. The summed E-state index contributed by atoms with van der Waals surface area (Å²) in [5.74, 6) is -0.214. The zero-order valence-electron chi connectivity index (χ0n) is 15.0. The van der Waals surface area contributed by atoms with Crippen LogP contribution in [0.15, 0.2) is 47.8 Å². The van der Waals surface area contributed by atoms with Crippen molar-refractivity contribution in [3.63, 3.8) is 0 Å². The van der Waals surface area contributed by atoms with Crippen molar-refractivity contribution < 1.29 is 14.3 Å². The summed E-state index contributed by atoms with van der Waals surface area (Å²) in [6.45, 7) is 4.35. The number of rotatable bonds is 5. The first-order valence-electron chi connectivity index (χ1n) is 8.41. The third kappa shape index (κ3) is 4.88. The maximum atomic E-state index is 13.0. The Hall–Kier alpha value is -1.90. The molecule has 0 radical (unpaired) electrons. The lowest BCUT2D eigenvalue weighted by atomic mass is 10.0. The molecular weight excluding hydrogens is 400 g/mol. The Morgan fingerprint density at radius 2 is 2.00 bits per heavy atom. The molecule has 1 N–H and O–H groups in total. The van der Waals surface area contributed by atoms with Gasteiger partial charge in [-0.15, -0.1) is 11.3 Å². The average molecular weight is 421 g/mol. The fraction of sp³-hybridized carbons (Fsp3) is 0.316. The lowest BCUT2D eigenvalue weighted by Gasteiger charge is -2.42. The zero-order chi connectivity index (χ0) is 19.4. The average Bonchev–Trinajstić information content (AvgIpc) is 3.14. The number of benzene rings is 1. The fourth-order valence-corrected chi connectivity index (χ4v) is 5.19. The number of nitrogens with one attached hydrogen (secondary N) is 1. The van der Waals surface area contributed by atoms with Crippen LogP contribution in [0.3, 0.4) is 0 Å². The monoisotopic (exact) mass is 420 g/mol. The van der Waals surface area contributed by atoms with Crippen molar-refractivity contribution in [3.05, 3.63) is 58.3 Å². The molecule has 1 saturated heterocycles. The van der Waals surface area contributed by atoms with Gasteiger partial charge in [-0.25, -0.2) is 4.79 Å². The molecule has 0 saturated carbocycles. The van der Waals surface area contributed by atoms with E-state index in [2.05, 4.69) is 5.32 Å². The molecule has 27 heavy (non-hydrogen) atoms. The Labute approximate surface area is 172 Å². The molecule has 3 rings (SSSR count). The minimum Gasteiger partial charge on any atom is -0.445 e. The van der Waals surface area contributed by atoms with E-state index in [1.165, 1.54) is 11.8 Å². The van der Waals surface area contributed by atoms with E-state index in [0.29, 0.717) is 10.9 Å². The van der Waals surface area contributed by atoms with Crippen LogP contribution in [0.1, 0.15) is 24.3 Å². The second-order valence-electron chi connectivity index (χ2n) is 6.61. The van der Waals surface area contributed by atoms with Gasteiger partial charge < -0.3 is 10.1 Å². The molecule has 1 fully saturated rings. The lowest BCUT2D eigenvalue weighted by Crippen LogP contribution is -2.62. The highest BCUT2D eigenvalue weighted by molar-refractivity contribution is 8.24. The first kappa shape index (κ1) is 19.9. The molecule has 142 valence electrons. The summed E-state index contributed by atoms with van der Waals surface area (Å²) >= 11 is 8.42. The Balaban J connectivity index is 1.66. The molecule has 0 spiro atoms. The quantitative estimate of drug-likeness (QED) is 0.736. The summed E-state index contributed by atoms with van der Waals surface area (Å²) in [6.07, 6.45) is -0.616. The van der Waals surface area contributed by atoms with E-state index >= 15 is 0 Å². The van der Waals surface area contributed by atoms with Crippen molar-refractivity contribution in [1.82, 2.24) is 10.2 Å². The molecule has 1 atom stereocenters. The number of thiophene rings is 1. The summed E-state index contributed by atoms with van der Waals surface area (Å²) in [6, 6.07) is 12.6. The molecular formula is C19H20N2O3S3. The first-order chi connectivity index (χ1) is 12.9. The highest BCUT2D eigenvalue weighted by atomic mass is 32.2. The number of amides is 2. The van der Waals surface area contributed by atoms with Gasteiger partial charge in [-0.05, 0) is 30.9 Å². The molecule has 0 bridgehead atoms. The fourth-order valence-electron chi connectivity index (χ4n) is 2.70. The molecule has 0 aliphatic carbocycles. The van der Waals surface area contributed by atoms with Crippen molar-refractivity contribution in [2.45, 2.75) is 37.8 Å². The smallest absolute Gasteiger partial charge is 0.408 e. The third-order valence-corrected chi connectivity index (χ3v) is 6.64. The summed E-state index contributed by atoms with van der Waals surface area (Å²) in [7, 11) is 0. The number of alkyl carbamates (subject to hydrolysis) is 1. The van der Waals surface area contributed by atoms with Crippen LogP contribution < -0.4 is 5.32 Å². The molecule has 2 heterocycles. The predicted octanol–water partition coefficient (Wildman–Crippen LogP) is 4.18. The van der Waals surface area contributed by atoms with E-state index in [0.717, 1.165) is 10.4 Å². The Morgan fingerprint density at radius 1 is 1.26 bits per heavy atom. The summed E-state index contributed by atoms with van der Waals surface area (Å²) < 4.78 is 5.24. The number of thiocarbonyl (C=S) groups is 1. The summed E-state index contributed by atoms with van der Waals surface area (Å²) in [5, 5.41) is 4.69. The van der Waals surface area contributed by atoms with Crippen LogP contribution >= 0.6 is 35.3 Å². The highest BCUT2D eigenvalue weighted by Gasteiger charge is 2.46. The van der Waals surface area contributed by atoms with Crippen LogP contribution in [-0.4, -0.2) is 32.0 Å². The van der Waals surface area contributed by atoms with Gasteiger partial charge >= 0.3 is 6.09 Å². The topological polar surface area (TPSA) is 58.6 Å². The number of hydrogen-bond acceptors (Lipinski definition) is 6. The van der Waals surface area contributed by atoms with Crippen LogP contribution in [0.2, 0.25) is 0 Å². The van der Waals surface area contributed by atoms with Gasteiger partial charge in [0.15, 0.2) is 0 Å². The van der Waals surface area contributed by atoms with Crippen LogP contribution in [0.25, 0.3) is 0 Å². The Bertz CT molecular complexity index is 822. The summed E-state index contributed by atoms with van der Waals surface area (Å²) in [4.78, 5) is 27.9. The van der Waals surface area contributed by atoms with Crippen molar-refractivity contribution in [1.29, 1.82) is 0 Å². The van der Waals surface area contributed by atoms with Gasteiger partial charge in [0.2, 0.25) is 0 Å².